The number of nitrogens with one attached hydrogen (secondary N) is 1. The zero-order chi connectivity index (χ0) is 14.5. The third-order valence-electron chi connectivity index (χ3n) is 3.30. The predicted octanol–water partition coefficient (Wildman–Crippen LogP) is 2.89. The van der Waals surface area contributed by atoms with Gasteiger partial charge in [-0.1, -0.05) is 44.2 Å². The van der Waals surface area contributed by atoms with Crippen molar-refractivity contribution >= 4 is 10.8 Å². The van der Waals surface area contributed by atoms with Crippen LogP contribution in [-0.2, 0) is 0 Å². The lowest BCUT2D eigenvalue weighted by Crippen LogP contribution is -2.35. The molecule has 2 rings (SSSR count). The first-order chi connectivity index (χ1) is 9.58. The van der Waals surface area contributed by atoms with Crippen molar-refractivity contribution in [3.63, 3.8) is 0 Å². The normalized spacial score (nSPS) is 12.8. The van der Waals surface area contributed by atoms with Crippen LogP contribution in [0, 0.1) is 6.92 Å². The maximum absolute atomic E-state index is 9.90. The minimum Gasteiger partial charge on any atom is -0.490 e. The van der Waals surface area contributed by atoms with E-state index in [0.29, 0.717) is 19.2 Å². The zero-order valence-corrected chi connectivity index (χ0v) is 12.4. The standard InChI is InChI=1S/C17H23NO2/c1-12(2)18-10-14(19)11-20-17-9-8-13(3)15-6-4-5-7-16(15)17/h4-9,12,14,18-19H,10-11H2,1-3H3. The molecule has 0 radical (unpaired) electrons. The molecule has 0 aliphatic carbocycles. The van der Waals surface area contributed by atoms with Crippen LogP contribution < -0.4 is 10.1 Å². The summed E-state index contributed by atoms with van der Waals surface area (Å²) in [4.78, 5) is 0. The van der Waals surface area contributed by atoms with Crippen LogP contribution in [0.2, 0.25) is 0 Å². The van der Waals surface area contributed by atoms with Crippen LogP contribution in [0.15, 0.2) is 36.4 Å². The lowest BCUT2D eigenvalue weighted by Gasteiger charge is -2.16. The van der Waals surface area contributed by atoms with Gasteiger partial charge in [0, 0.05) is 18.0 Å². The van der Waals surface area contributed by atoms with Crippen molar-refractivity contribution in [2.24, 2.45) is 0 Å². The van der Waals surface area contributed by atoms with Gasteiger partial charge in [0.05, 0.1) is 0 Å². The summed E-state index contributed by atoms with van der Waals surface area (Å²) in [7, 11) is 0. The van der Waals surface area contributed by atoms with E-state index >= 15 is 0 Å². The monoisotopic (exact) mass is 273 g/mol. The summed E-state index contributed by atoms with van der Waals surface area (Å²) in [5.74, 6) is 0.829. The second-order valence-electron chi connectivity index (χ2n) is 5.45. The van der Waals surface area contributed by atoms with Crippen molar-refractivity contribution in [1.82, 2.24) is 5.32 Å². The van der Waals surface area contributed by atoms with Crippen molar-refractivity contribution in [3.8, 4) is 5.75 Å². The Morgan fingerprint density at radius 1 is 1.10 bits per heavy atom. The quantitative estimate of drug-likeness (QED) is 0.850. The number of benzene rings is 2. The third-order valence-corrected chi connectivity index (χ3v) is 3.30. The van der Waals surface area contributed by atoms with E-state index in [9.17, 15) is 5.11 Å². The molecule has 3 nitrogen and oxygen atoms in total. The molecular formula is C17H23NO2. The molecule has 0 aromatic heterocycles. The highest BCUT2D eigenvalue weighted by atomic mass is 16.5. The predicted molar refractivity (Wildman–Crippen MR) is 83.3 cm³/mol. The van der Waals surface area contributed by atoms with E-state index < -0.39 is 6.10 Å². The molecule has 20 heavy (non-hydrogen) atoms. The average Bonchev–Trinajstić information content (AvgIpc) is 2.45. The van der Waals surface area contributed by atoms with Crippen molar-refractivity contribution < 1.29 is 9.84 Å². The van der Waals surface area contributed by atoms with Crippen molar-refractivity contribution in [1.29, 1.82) is 0 Å². The van der Waals surface area contributed by atoms with Crippen molar-refractivity contribution in [2.75, 3.05) is 13.2 Å². The van der Waals surface area contributed by atoms with Crippen LogP contribution in [0.5, 0.6) is 5.75 Å². The molecule has 2 aromatic carbocycles. The first-order valence-corrected chi connectivity index (χ1v) is 7.10. The molecule has 1 atom stereocenters. The number of aryl methyl sites for hydroxylation is 1. The molecule has 0 aliphatic heterocycles. The van der Waals surface area contributed by atoms with Gasteiger partial charge < -0.3 is 15.2 Å². The molecule has 0 bridgehead atoms. The van der Waals surface area contributed by atoms with E-state index in [-0.39, 0.29) is 0 Å². The van der Waals surface area contributed by atoms with E-state index in [1.54, 1.807) is 0 Å². The molecule has 0 saturated heterocycles. The van der Waals surface area contributed by atoms with E-state index in [0.717, 1.165) is 11.1 Å². The summed E-state index contributed by atoms with van der Waals surface area (Å²) >= 11 is 0. The molecular weight excluding hydrogens is 250 g/mol. The molecule has 2 aromatic rings. The lowest BCUT2D eigenvalue weighted by molar-refractivity contribution is 0.105. The molecule has 0 heterocycles. The van der Waals surface area contributed by atoms with E-state index in [4.69, 9.17) is 4.74 Å². The second kappa shape index (κ2) is 6.73. The van der Waals surface area contributed by atoms with Gasteiger partial charge in [-0.3, -0.25) is 0 Å². The van der Waals surface area contributed by atoms with Gasteiger partial charge in [0.15, 0.2) is 0 Å². The first kappa shape index (κ1) is 14.8. The Bertz CT molecular complexity index is 566. The summed E-state index contributed by atoms with van der Waals surface area (Å²) in [6.07, 6.45) is -0.502. The fraction of sp³-hybridized carbons (Fsp3) is 0.412. The maximum atomic E-state index is 9.90. The van der Waals surface area contributed by atoms with Gasteiger partial charge in [-0.25, -0.2) is 0 Å². The van der Waals surface area contributed by atoms with Crippen LogP contribution in [-0.4, -0.2) is 30.4 Å². The average molecular weight is 273 g/mol. The van der Waals surface area contributed by atoms with E-state index in [1.807, 2.05) is 18.2 Å². The number of ether oxygens (including phenoxy) is 1. The summed E-state index contributed by atoms with van der Waals surface area (Å²) in [5, 5.41) is 15.4. The molecule has 0 spiro atoms. The number of aliphatic hydroxyl groups is 1. The molecule has 1 unspecified atom stereocenters. The Labute approximate surface area is 120 Å². The van der Waals surface area contributed by atoms with Gasteiger partial charge in [-0.15, -0.1) is 0 Å². The van der Waals surface area contributed by atoms with Gasteiger partial charge in [0.25, 0.3) is 0 Å². The first-order valence-electron chi connectivity index (χ1n) is 7.10. The number of hydrogen-bond acceptors (Lipinski definition) is 3. The largest absolute Gasteiger partial charge is 0.490 e. The van der Waals surface area contributed by atoms with Gasteiger partial charge in [-0.2, -0.15) is 0 Å². The highest BCUT2D eigenvalue weighted by molar-refractivity contribution is 5.90. The number of rotatable bonds is 6. The SMILES string of the molecule is Cc1ccc(OCC(O)CNC(C)C)c2ccccc12. The Balaban J connectivity index is 2.05. The van der Waals surface area contributed by atoms with Crippen molar-refractivity contribution in [2.45, 2.75) is 32.9 Å². The molecule has 0 saturated carbocycles. The van der Waals surface area contributed by atoms with E-state index in [1.165, 1.54) is 10.9 Å². The number of hydrogen-bond donors (Lipinski definition) is 2. The maximum Gasteiger partial charge on any atom is 0.127 e. The van der Waals surface area contributed by atoms with Crippen molar-refractivity contribution in [3.05, 3.63) is 42.0 Å². The summed E-state index contributed by atoms with van der Waals surface area (Å²) in [6, 6.07) is 12.6. The molecule has 0 amide bonds. The molecule has 0 fully saturated rings. The zero-order valence-electron chi connectivity index (χ0n) is 12.4. The number of aliphatic hydroxyl groups excluding tert-OH is 1. The molecule has 108 valence electrons. The Hall–Kier alpha value is -1.58. The van der Waals surface area contributed by atoms with Gasteiger partial charge in [0.2, 0.25) is 0 Å². The molecule has 0 aliphatic rings. The lowest BCUT2D eigenvalue weighted by atomic mass is 10.0. The van der Waals surface area contributed by atoms with Crippen LogP contribution >= 0.6 is 0 Å². The fourth-order valence-corrected chi connectivity index (χ4v) is 2.16. The van der Waals surface area contributed by atoms with Gasteiger partial charge in [0.1, 0.15) is 18.5 Å². The molecule has 3 heteroatoms. The van der Waals surface area contributed by atoms with Gasteiger partial charge >= 0.3 is 0 Å². The third kappa shape index (κ3) is 3.71. The Kier molecular flexibility index (Phi) is 4.99. The topological polar surface area (TPSA) is 41.5 Å². The van der Waals surface area contributed by atoms with Crippen LogP contribution in [0.25, 0.3) is 10.8 Å². The summed E-state index contributed by atoms with van der Waals surface area (Å²) in [5.41, 5.74) is 1.23. The van der Waals surface area contributed by atoms with E-state index in [2.05, 4.69) is 44.3 Å². The minimum atomic E-state index is -0.502. The second-order valence-corrected chi connectivity index (χ2v) is 5.45. The summed E-state index contributed by atoms with van der Waals surface area (Å²) < 4.78 is 5.78. The van der Waals surface area contributed by atoms with Crippen LogP contribution in [0.3, 0.4) is 0 Å². The smallest absolute Gasteiger partial charge is 0.127 e. The van der Waals surface area contributed by atoms with Crippen LogP contribution in [0.1, 0.15) is 19.4 Å². The summed E-state index contributed by atoms with van der Waals surface area (Å²) in [6.45, 7) is 7.05. The highest BCUT2D eigenvalue weighted by Gasteiger charge is 2.08. The Morgan fingerprint density at radius 3 is 2.50 bits per heavy atom. The van der Waals surface area contributed by atoms with Gasteiger partial charge in [-0.05, 0) is 23.9 Å². The fourth-order valence-electron chi connectivity index (χ4n) is 2.16. The minimum absolute atomic E-state index is 0.298. The molecule has 2 N–H and O–H groups in total. The number of fused-ring (bicyclic) bond motifs is 1. The van der Waals surface area contributed by atoms with Crippen LogP contribution in [0.4, 0.5) is 0 Å². The Morgan fingerprint density at radius 2 is 1.80 bits per heavy atom. The highest BCUT2D eigenvalue weighted by Crippen LogP contribution is 2.28.